The second-order valence-corrected chi connectivity index (χ2v) is 8.97. The van der Waals surface area contributed by atoms with E-state index in [2.05, 4.69) is 11.6 Å². The number of benzene rings is 2. The fourth-order valence-electron chi connectivity index (χ4n) is 3.78. The van der Waals surface area contributed by atoms with Crippen LogP contribution >= 0.6 is 22.9 Å². The van der Waals surface area contributed by atoms with Gasteiger partial charge in [-0.25, -0.2) is 4.98 Å². The average Bonchev–Trinajstić information content (AvgIpc) is 3.19. The lowest BCUT2D eigenvalue weighted by atomic mass is 10.1. The summed E-state index contributed by atoms with van der Waals surface area (Å²) in [6, 6.07) is 17.3. The quantitative estimate of drug-likeness (QED) is 0.345. The summed E-state index contributed by atoms with van der Waals surface area (Å²) in [4.78, 5) is 23.3. The van der Waals surface area contributed by atoms with E-state index < -0.39 is 6.10 Å². The highest BCUT2D eigenvalue weighted by Crippen LogP contribution is 2.32. The zero-order valence-corrected chi connectivity index (χ0v) is 19.1. The first kappa shape index (κ1) is 22.4. The van der Waals surface area contributed by atoms with Crippen molar-refractivity contribution in [2.45, 2.75) is 19.1 Å². The van der Waals surface area contributed by atoms with Crippen molar-refractivity contribution in [2.24, 2.45) is 0 Å². The van der Waals surface area contributed by atoms with E-state index in [0.717, 1.165) is 16.7 Å². The first-order valence-electron chi connectivity index (χ1n) is 10.3. The van der Waals surface area contributed by atoms with Gasteiger partial charge in [-0.3, -0.25) is 9.69 Å². The van der Waals surface area contributed by atoms with Crippen LogP contribution in [0, 0.1) is 0 Å². The van der Waals surface area contributed by atoms with Crippen LogP contribution in [0.3, 0.4) is 0 Å². The molecule has 1 atom stereocenters. The van der Waals surface area contributed by atoms with Crippen molar-refractivity contribution in [3.63, 3.8) is 0 Å². The van der Waals surface area contributed by atoms with Crippen molar-refractivity contribution in [3.8, 4) is 11.1 Å². The lowest BCUT2D eigenvalue weighted by Crippen LogP contribution is -2.34. The van der Waals surface area contributed by atoms with Crippen LogP contribution in [-0.2, 0) is 13.0 Å². The van der Waals surface area contributed by atoms with E-state index >= 15 is 0 Å². The van der Waals surface area contributed by atoms with Crippen molar-refractivity contribution in [3.05, 3.63) is 99.4 Å². The number of hydrogen-bond acceptors (Lipinski definition) is 5. The number of halogens is 1. The highest BCUT2D eigenvalue weighted by molar-refractivity contribution is 7.17. The number of nitrogens with zero attached hydrogens (tertiary/aromatic N) is 2. The molecule has 0 aliphatic rings. The molecule has 0 amide bonds. The number of nitrogens with one attached hydrogen (secondary N) is 1. The van der Waals surface area contributed by atoms with Gasteiger partial charge in [-0.05, 0) is 29.7 Å². The molecule has 2 aromatic heterocycles. The first-order chi connectivity index (χ1) is 15.5. The van der Waals surface area contributed by atoms with Crippen LogP contribution in [-0.4, -0.2) is 39.2 Å². The molecular formula is C25H24ClN3O2S. The second-order valence-electron chi connectivity index (χ2n) is 7.68. The first-order valence-corrected chi connectivity index (χ1v) is 11.6. The molecule has 0 radical (unpaired) electrons. The molecule has 0 spiro atoms. The molecule has 0 saturated carbocycles. The van der Waals surface area contributed by atoms with Gasteiger partial charge in [0.1, 0.15) is 10.7 Å². The zero-order chi connectivity index (χ0) is 22.5. The van der Waals surface area contributed by atoms with Crippen molar-refractivity contribution in [2.75, 3.05) is 13.1 Å². The molecule has 0 saturated heterocycles. The van der Waals surface area contributed by atoms with Gasteiger partial charge in [-0.1, -0.05) is 60.1 Å². The van der Waals surface area contributed by atoms with Gasteiger partial charge in [0.15, 0.2) is 0 Å². The van der Waals surface area contributed by atoms with Gasteiger partial charge in [-0.2, -0.15) is 0 Å². The predicted molar refractivity (Wildman–Crippen MR) is 132 cm³/mol. The van der Waals surface area contributed by atoms with Crippen LogP contribution in [0.2, 0.25) is 5.02 Å². The lowest BCUT2D eigenvalue weighted by molar-refractivity contribution is 0.114. The van der Waals surface area contributed by atoms with Gasteiger partial charge in [0.05, 0.1) is 18.0 Å². The smallest absolute Gasteiger partial charge is 0.260 e. The number of aliphatic hydroxyl groups is 1. The third-order valence-electron chi connectivity index (χ3n) is 5.17. The predicted octanol–water partition coefficient (Wildman–Crippen LogP) is 4.90. The van der Waals surface area contributed by atoms with E-state index in [1.807, 2.05) is 58.8 Å². The van der Waals surface area contributed by atoms with Crippen molar-refractivity contribution in [1.29, 1.82) is 0 Å². The highest BCUT2D eigenvalue weighted by atomic mass is 35.5. The van der Waals surface area contributed by atoms with Crippen molar-refractivity contribution >= 4 is 33.2 Å². The summed E-state index contributed by atoms with van der Waals surface area (Å²) < 4.78 is 0. The van der Waals surface area contributed by atoms with Crippen LogP contribution in [0.25, 0.3) is 21.3 Å². The third kappa shape index (κ3) is 5.34. The lowest BCUT2D eigenvalue weighted by Gasteiger charge is -2.23. The van der Waals surface area contributed by atoms with Crippen LogP contribution < -0.4 is 5.56 Å². The molecule has 4 aromatic rings. The normalized spacial score (nSPS) is 12.3. The Balaban J connectivity index is 1.54. The van der Waals surface area contributed by atoms with Gasteiger partial charge in [0.2, 0.25) is 0 Å². The fourth-order valence-corrected chi connectivity index (χ4v) is 4.94. The SMILES string of the molecule is C=CCN(Cc1nc2scc(-c3cccc(Cl)c3)c2c(=O)[nH]1)CC(O)Cc1ccccc1. The Morgan fingerprint density at radius 1 is 1.22 bits per heavy atom. The summed E-state index contributed by atoms with van der Waals surface area (Å²) >= 11 is 7.56. The average molecular weight is 466 g/mol. The van der Waals surface area contributed by atoms with E-state index in [0.29, 0.717) is 47.1 Å². The van der Waals surface area contributed by atoms with Gasteiger partial charge < -0.3 is 10.1 Å². The number of aromatic nitrogens is 2. The number of fused-ring (bicyclic) bond motifs is 1. The molecular weight excluding hydrogens is 442 g/mol. The maximum Gasteiger partial charge on any atom is 0.260 e. The molecule has 5 nitrogen and oxygen atoms in total. The largest absolute Gasteiger partial charge is 0.391 e. The summed E-state index contributed by atoms with van der Waals surface area (Å²) in [6.45, 7) is 5.25. The van der Waals surface area contributed by atoms with Gasteiger partial charge in [0.25, 0.3) is 5.56 Å². The third-order valence-corrected chi connectivity index (χ3v) is 6.28. The summed E-state index contributed by atoms with van der Waals surface area (Å²) in [6.07, 6.45) is 1.81. The highest BCUT2D eigenvalue weighted by Gasteiger charge is 2.16. The molecule has 1 unspecified atom stereocenters. The Hall–Kier alpha value is -2.77. The molecule has 7 heteroatoms. The van der Waals surface area contributed by atoms with Gasteiger partial charge >= 0.3 is 0 Å². The van der Waals surface area contributed by atoms with E-state index in [4.69, 9.17) is 16.6 Å². The summed E-state index contributed by atoms with van der Waals surface area (Å²) in [7, 11) is 0. The van der Waals surface area contributed by atoms with Crippen LogP contribution in [0.4, 0.5) is 0 Å². The van der Waals surface area contributed by atoms with Crippen LogP contribution in [0.5, 0.6) is 0 Å². The second kappa shape index (κ2) is 10.2. The van der Waals surface area contributed by atoms with Crippen LogP contribution in [0.1, 0.15) is 11.4 Å². The number of rotatable bonds is 9. The molecule has 32 heavy (non-hydrogen) atoms. The minimum atomic E-state index is -0.538. The van der Waals surface area contributed by atoms with Gasteiger partial charge in [0, 0.05) is 29.1 Å². The summed E-state index contributed by atoms with van der Waals surface area (Å²) in [5.74, 6) is 0.566. The Morgan fingerprint density at radius 2 is 2.03 bits per heavy atom. The number of aromatic amines is 1. The minimum absolute atomic E-state index is 0.176. The van der Waals surface area contributed by atoms with E-state index in [1.165, 1.54) is 11.3 Å². The summed E-state index contributed by atoms with van der Waals surface area (Å²) in [5, 5.41) is 13.7. The van der Waals surface area contributed by atoms with Crippen LogP contribution in [0.15, 0.2) is 77.4 Å². The molecule has 0 bridgehead atoms. The molecule has 2 aromatic carbocycles. The Morgan fingerprint density at radius 3 is 2.78 bits per heavy atom. The number of aliphatic hydroxyl groups excluding tert-OH is 1. The zero-order valence-electron chi connectivity index (χ0n) is 17.5. The van der Waals surface area contributed by atoms with E-state index in [-0.39, 0.29) is 5.56 Å². The van der Waals surface area contributed by atoms with Crippen molar-refractivity contribution < 1.29 is 5.11 Å². The number of thiophene rings is 1. The van der Waals surface area contributed by atoms with E-state index in [1.54, 1.807) is 12.1 Å². The fraction of sp³-hybridized carbons (Fsp3) is 0.200. The molecule has 2 heterocycles. The minimum Gasteiger partial charge on any atom is -0.391 e. The monoisotopic (exact) mass is 465 g/mol. The van der Waals surface area contributed by atoms with Crippen molar-refractivity contribution in [1.82, 2.24) is 14.9 Å². The Kier molecular flexibility index (Phi) is 7.17. The number of H-pyrrole nitrogens is 1. The summed E-state index contributed by atoms with van der Waals surface area (Å²) in [5.41, 5.74) is 2.62. The topological polar surface area (TPSA) is 69.2 Å². The van der Waals surface area contributed by atoms with E-state index in [9.17, 15) is 9.90 Å². The Bertz CT molecular complexity index is 1270. The maximum absolute atomic E-state index is 12.9. The maximum atomic E-state index is 12.9. The standard InChI is InChI=1S/C25H24ClN3O2S/c1-2-11-29(14-20(30)12-17-7-4-3-5-8-17)15-22-27-24(31)23-21(16-32-25(23)28-22)18-9-6-10-19(26)13-18/h2-10,13,16,20,30H,1,11-12,14-15H2,(H,27,28,31). The molecule has 164 valence electrons. The van der Waals surface area contributed by atoms with Gasteiger partial charge in [-0.15, -0.1) is 17.9 Å². The molecule has 0 fully saturated rings. The number of hydrogen-bond donors (Lipinski definition) is 2. The Labute approximate surface area is 195 Å². The molecule has 2 N–H and O–H groups in total. The molecule has 4 rings (SSSR count). The molecule has 0 aliphatic carbocycles. The molecule has 0 aliphatic heterocycles.